The molecule has 1 fully saturated rings. The van der Waals surface area contributed by atoms with Crippen LogP contribution in [0.3, 0.4) is 0 Å². The van der Waals surface area contributed by atoms with E-state index < -0.39 is 0 Å². The number of hydrogen-bond acceptors (Lipinski definition) is 4. The lowest BCUT2D eigenvalue weighted by Gasteiger charge is -2.09. The molecule has 1 aromatic heterocycles. The fraction of sp³-hybridized carbons (Fsp3) is 0.636. The van der Waals surface area contributed by atoms with E-state index in [0.717, 1.165) is 29.6 Å². The predicted molar refractivity (Wildman–Crippen MR) is 63.4 cm³/mol. The Morgan fingerprint density at radius 3 is 2.40 bits per heavy atom. The van der Waals surface area contributed by atoms with Crippen LogP contribution < -0.4 is 5.32 Å². The van der Waals surface area contributed by atoms with E-state index in [4.69, 9.17) is 0 Å². The summed E-state index contributed by atoms with van der Waals surface area (Å²) >= 11 is 1.80. The smallest absolute Gasteiger partial charge is 0.188 e. The van der Waals surface area contributed by atoms with Gasteiger partial charge in [0, 0.05) is 23.2 Å². The summed E-state index contributed by atoms with van der Waals surface area (Å²) in [6.07, 6.45) is 1.22. The van der Waals surface area contributed by atoms with E-state index in [0.29, 0.717) is 5.25 Å². The first-order chi connectivity index (χ1) is 7.16. The van der Waals surface area contributed by atoms with Gasteiger partial charge in [0.2, 0.25) is 0 Å². The topological polar surface area (TPSA) is 37.8 Å². The average Bonchev–Trinajstić information content (AvgIpc) is 2.66. The second-order valence-electron chi connectivity index (χ2n) is 4.03. The lowest BCUT2D eigenvalue weighted by atomic mass is 10.2. The number of nitrogens with one attached hydrogen (secondary N) is 1. The third-order valence-electron chi connectivity index (χ3n) is 2.90. The highest BCUT2D eigenvalue weighted by Crippen LogP contribution is 2.25. The van der Waals surface area contributed by atoms with Gasteiger partial charge in [0.1, 0.15) is 0 Å². The van der Waals surface area contributed by atoms with Gasteiger partial charge in [-0.25, -0.2) is 9.97 Å². The molecule has 1 unspecified atom stereocenters. The summed E-state index contributed by atoms with van der Waals surface area (Å²) in [4.78, 5) is 9.04. The Hall–Kier alpha value is -0.610. The van der Waals surface area contributed by atoms with Gasteiger partial charge in [-0.15, -0.1) is 0 Å². The number of nitrogens with zero attached hydrogens (tertiary/aromatic N) is 2. The molecule has 0 radical (unpaired) electrons. The zero-order valence-electron chi connectivity index (χ0n) is 9.50. The largest absolute Gasteiger partial charge is 0.316 e. The minimum atomic E-state index is 0.645. The van der Waals surface area contributed by atoms with Crippen molar-refractivity contribution < 1.29 is 0 Å². The Kier molecular flexibility index (Phi) is 3.26. The zero-order valence-corrected chi connectivity index (χ0v) is 10.3. The monoisotopic (exact) mass is 223 g/mol. The summed E-state index contributed by atoms with van der Waals surface area (Å²) in [6.45, 7) is 8.40. The highest BCUT2D eigenvalue weighted by molar-refractivity contribution is 7.99. The number of aryl methyl sites for hydroxylation is 2. The molecule has 0 spiro atoms. The van der Waals surface area contributed by atoms with Crippen LogP contribution in [0, 0.1) is 20.8 Å². The van der Waals surface area contributed by atoms with Crippen LogP contribution in [0.25, 0.3) is 0 Å². The number of rotatable bonds is 2. The number of aromatic nitrogens is 2. The standard InChI is InChI=1S/C11H17N3S/c1-7-8(2)13-11(14-9(7)3)15-10-4-5-12-6-10/h10,12H,4-6H2,1-3H3. The van der Waals surface area contributed by atoms with Crippen LogP contribution in [0.2, 0.25) is 0 Å². The molecule has 1 aromatic rings. The summed E-state index contributed by atoms with van der Waals surface area (Å²) in [5.41, 5.74) is 3.43. The molecule has 1 aliphatic rings. The first-order valence-electron chi connectivity index (χ1n) is 5.36. The highest BCUT2D eigenvalue weighted by Gasteiger charge is 2.17. The van der Waals surface area contributed by atoms with Crippen LogP contribution in [0.5, 0.6) is 0 Å². The van der Waals surface area contributed by atoms with Gasteiger partial charge in [-0.3, -0.25) is 0 Å². The van der Waals surface area contributed by atoms with Crippen LogP contribution >= 0.6 is 11.8 Å². The van der Waals surface area contributed by atoms with Gasteiger partial charge in [-0.2, -0.15) is 0 Å². The third-order valence-corrected chi connectivity index (χ3v) is 4.03. The molecule has 1 N–H and O–H groups in total. The maximum Gasteiger partial charge on any atom is 0.188 e. The van der Waals surface area contributed by atoms with Crippen LogP contribution in [0.15, 0.2) is 5.16 Å². The first-order valence-corrected chi connectivity index (χ1v) is 6.24. The molecule has 2 heterocycles. The predicted octanol–water partition coefficient (Wildman–Crippen LogP) is 1.86. The van der Waals surface area contributed by atoms with Crippen molar-refractivity contribution in [1.29, 1.82) is 0 Å². The van der Waals surface area contributed by atoms with Gasteiger partial charge in [-0.1, -0.05) is 11.8 Å². The summed E-state index contributed by atoms with van der Waals surface area (Å²) < 4.78 is 0. The molecular formula is C11H17N3S. The molecule has 1 aliphatic heterocycles. The number of hydrogen-bond donors (Lipinski definition) is 1. The lowest BCUT2D eigenvalue weighted by molar-refractivity contribution is 0.853. The summed E-state index contributed by atoms with van der Waals surface area (Å²) in [6, 6.07) is 0. The maximum absolute atomic E-state index is 4.52. The van der Waals surface area contributed by atoms with Crippen LogP contribution in [0.1, 0.15) is 23.4 Å². The molecule has 0 aliphatic carbocycles. The van der Waals surface area contributed by atoms with Gasteiger partial charge in [0.05, 0.1) is 0 Å². The van der Waals surface area contributed by atoms with Crippen LogP contribution in [-0.2, 0) is 0 Å². The lowest BCUT2D eigenvalue weighted by Crippen LogP contribution is -2.11. The number of thioether (sulfide) groups is 1. The second-order valence-corrected chi connectivity index (χ2v) is 5.30. The van der Waals surface area contributed by atoms with E-state index in [9.17, 15) is 0 Å². The molecule has 0 saturated carbocycles. The van der Waals surface area contributed by atoms with Gasteiger partial charge < -0.3 is 5.32 Å². The second kappa shape index (κ2) is 4.49. The molecule has 1 atom stereocenters. The summed E-state index contributed by atoms with van der Waals surface area (Å²) in [5, 5.41) is 4.94. The molecule has 1 saturated heterocycles. The van der Waals surface area contributed by atoms with Crippen molar-refractivity contribution >= 4 is 11.8 Å². The Balaban J connectivity index is 2.14. The van der Waals surface area contributed by atoms with E-state index in [1.165, 1.54) is 12.0 Å². The summed E-state index contributed by atoms with van der Waals surface area (Å²) in [5.74, 6) is 0. The molecule has 82 valence electrons. The van der Waals surface area contributed by atoms with E-state index in [1.807, 2.05) is 0 Å². The van der Waals surface area contributed by atoms with Crippen molar-refractivity contribution in [3.05, 3.63) is 17.0 Å². The van der Waals surface area contributed by atoms with Crippen molar-refractivity contribution in [3.63, 3.8) is 0 Å². The van der Waals surface area contributed by atoms with Crippen LogP contribution in [-0.4, -0.2) is 28.3 Å². The van der Waals surface area contributed by atoms with Crippen LogP contribution in [0.4, 0.5) is 0 Å². The van der Waals surface area contributed by atoms with Crippen molar-refractivity contribution in [2.45, 2.75) is 37.6 Å². The zero-order chi connectivity index (χ0) is 10.8. The van der Waals surface area contributed by atoms with E-state index in [2.05, 4.69) is 36.1 Å². The normalized spacial score (nSPS) is 20.9. The Morgan fingerprint density at radius 2 is 1.87 bits per heavy atom. The molecule has 3 nitrogen and oxygen atoms in total. The molecule has 4 heteroatoms. The van der Waals surface area contributed by atoms with Crippen molar-refractivity contribution in [2.75, 3.05) is 13.1 Å². The highest BCUT2D eigenvalue weighted by atomic mass is 32.2. The fourth-order valence-electron chi connectivity index (χ4n) is 1.67. The van der Waals surface area contributed by atoms with Crippen molar-refractivity contribution in [3.8, 4) is 0 Å². The molecule has 15 heavy (non-hydrogen) atoms. The molecular weight excluding hydrogens is 206 g/mol. The first kappa shape index (κ1) is 10.9. The van der Waals surface area contributed by atoms with Gasteiger partial charge in [-0.05, 0) is 39.3 Å². The minimum Gasteiger partial charge on any atom is -0.316 e. The van der Waals surface area contributed by atoms with E-state index >= 15 is 0 Å². The average molecular weight is 223 g/mol. The van der Waals surface area contributed by atoms with Gasteiger partial charge in [0.25, 0.3) is 0 Å². The molecule has 2 rings (SSSR count). The molecule has 0 amide bonds. The molecule has 0 bridgehead atoms. The van der Waals surface area contributed by atoms with Crippen molar-refractivity contribution in [2.24, 2.45) is 0 Å². The third kappa shape index (κ3) is 2.49. The SMILES string of the molecule is Cc1nc(SC2CCNC2)nc(C)c1C. The minimum absolute atomic E-state index is 0.645. The van der Waals surface area contributed by atoms with Gasteiger partial charge in [0.15, 0.2) is 5.16 Å². The Morgan fingerprint density at radius 1 is 1.20 bits per heavy atom. The molecule has 0 aromatic carbocycles. The van der Waals surface area contributed by atoms with E-state index in [-0.39, 0.29) is 0 Å². The maximum atomic E-state index is 4.52. The fourth-order valence-corrected chi connectivity index (χ4v) is 2.79. The van der Waals surface area contributed by atoms with Gasteiger partial charge >= 0.3 is 0 Å². The Bertz CT molecular complexity index is 336. The van der Waals surface area contributed by atoms with E-state index in [1.54, 1.807) is 11.8 Å². The Labute approximate surface area is 95.1 Å². The summed E-state index contributed by atoms with van der Waals surface area (Å²) in [7, 11) is 0. The quantitative estimate of drug-likeness (QED) is 0.777. The van der Waals surface area contributed by atoms with Crippen molar-refractivity contribution in [1.82, 2.24) is 15.3 Å².